The molecule has 1 N–H and O–H groups in total. The number of thiazole rings is 1. The summed E-state index contributed by atoms with van der Waals surface area (Å²) in [5, 5.41) is 4.69. The van der Waals surface area contributed by atoms with E-state index in [2.05, 4.69) is 45.6 Å². The molecule has 1 unspecified atom stereocenters. The lowest BCUT2D eigenvalue weighted by Gasteiger charge is -2.35. The van der Waals surface area contributed by atoms with E-state index in [0.29, 0.717) is 12.0 Å². The van der Waals surface area contributed by atoms with E-state index < -0.39 is 0 Å². The van der Waals surface area contributed by atoms with E-state index in [1.807, 2.05) is 29.9 Å². The quantitative estimate of drug-likeness (QED) is 0.940. The summed E-state index contributed by atoms with van der Waals surface area (Å²) in [6.45, 7) is 8.37. The molecule has 0 amide bonds. The average molecular weight is 305 g/mol. The van der Waals surface area contributed by atoms with Crippen LogP contribution in [0.5, 0.6) is 0 Å². The molecule has 1 fully saturated rings. The maximum atomic E-state index is 4.60. The predicted octanol–water partition coefficient (Wildman–Crippen LogP) is 2.15. The molecule has 1 atom stereocenters. The van der Waals surface area contributed by atoms with Gasteiger partial charge in [0.15, 0.2) is 0 Å². The normalized spacial score (nSPS) is 20.3. The minimum atomic E-state index is 0.324. The highest BCUT2D eigenvalue weighted by atomic mass is 32.1. The van der Waals surface area contributed by atoms with E-state index >= 15 is 0 Å². The van der Waals surface area contributed by atoms with Gasteiger partial charge in [-0.05, 0) is 5.92 Å². The van der Waals surface area contributed by atoms with E-state index in [1.54, 1.807) is 0 Å². The van der Waals surface area contributed by atoms with Gasteiger partial charge in [-0.2, -0.15) is 0 Å². The number of nitrogens with zero attached hydrogens (tertiary/aromatic N) is 4. The summed E-state index contributed by atoms with van der Waals surface area (Å²) in [7, 11) is 2.06. The van der Waals surface area contributed by atoms with E-state index in [-0.39, 0.29) is 0 Å². The van der Waals surface area contributed by atoms with Gasteiger partial charge in [-0.15, -0.1) is 11.3 Å². The Morgan fingerprint density at radius 2 is 2.29 bits per heavy atom. The summed E-state index contributed by atoms with van der Waals surface area (Å²) in [5.41, 5.74) is 0. The van der Waals surface area contributed by atoms with Gasteiger partial charge < -0.3 is 9.88 Å². The fourth-order valence-electron chi connectivity index (χ4n) is 2.73. The first-order valence-corrected chi connectivity index (χ1v) is 8.33. The van der Waals surface area contributed by atoms with Crippen molar-refractivity contribution < 1.29 is 0 Å². The Hall–Kier alpha value is -1.24. The molecular weight excluding hydrogens is 282 g/mol. The van der Waals surface area contributed by atoms with Crippen molar-refractivity contribution in [2.45, 2.75) is 32.4 Å². The van der Waals surface area contributed by atoms with Crippen LogP contribution in [0.3, 0.4) is 0 Å². The summed E-state index contributed by atoms with van der Waals surface area (Å²) in [4.78, 5) is 13.0. The molecule has 1 aliphatic heterocycles. The molecule has 1 aliphatic rings. The summed E-state index contributed by atoms with van der Waals surface area (Å²) >= 11 is 1.84. The molecule has 5 nitrogen and oxygen atoms in total. The van der Waals surface area contributed by atoms with E-state index in [1.165, 1.54) is 9.88 Å². The maximum absolute atomic E-state index is 4.60. The van der Waals surface area contributed by atoms with Gasteiger partial charge >= 0.3 is 0 Å². The van der Waals surface area contributed by atoms with Crippen LogP contribution >= 0.6 is 11.3 Å². The molecule has 0 aliphatic carbocycles. The molecule has 3 heterocycles. The zero-order valence-electron chi connectivity index (χ0n) is 12.9. The molecule has 2 aromatic heterocycles. The summed E-state index contributed by atoms with van der Waals surface area (Å²) in [5.74, 6) is 1.69. The van der Waals surface area contributed by atoms with Crippen LogP contribution in [-0.4, -0.2) is 39.1 Å². The third kappa shape index (κ3) is 3.17. The highest BCUT2D eigenvalue weighted by molar-refractivity contribution is 7.11. The number of nitrogens with one attached hydrogen (secondary N) is 1. The molecular formula is C15H23N5S. The van der Waals surface area contributed by atoms with Gasteiger partial charge in [0, 0.05) is 50.1 Å². The molecule has 0 aromatic carbocycles. The molecule has 1 saturated heterocycles. The Morgan fingerprint density at radius 3 is 2.95 bits per heavy atom. The summed E-state index contributed by atoms with van der Waals surface area (Å²) < 4.78 is 2.12. The second kappa shape index (κ2) is 6.25. The Morgan fingerprint density at radius 1 is 1.43 bits per heavy atom. The number of aryl methyl sites for hydroxylation is 1. The fraction of sp³-hybridized carbons (Fsp3) is 0.600. The monoisotopic (exact) mass is 305 g/mol. The zero-order chi connectivity index (χ0) is 14.8. The summed E-state index contributed by atoms with van der Waals surface area (Å²) in [6.07, 6.45) is 5.92. The molecule has 0 saturated carbocycles. The van der Waals surface area contributed by atoms with Crippen molar-refractivity contribution in [3.05, 3.63) is 34.3 Å². The van der Waals surface area contributed by atoms with E-state index in [0.717, 1.165) is 32.0 Å². The Labute approximate surface area is 130 Å². The van der Waals surface area contributed by atoms with Crippen molar-refractivity contribution in [1.29, 1.82) is 0 Å². The lowest BCUT2D eigenvalue weighted by atomic mass is 10.2. The highest BCUT2D eigenvalue weighted by Gasteiger charge is 2.27. The lowest BCUT2D eigenvalue weighted by molar-refractivity contribution is 0.144. The van der Waals surface area contributed by atoms with Crippen molar-refractivity contribution in [1.82, 2.24) is 24.8 Å². The van der Waals surface area contributed by atoms with Gasteiger partial charge in [-0.3, -0.25) is 4.90 Å². The van der Waals surface area contributed by atoms with Crippen LogP contribution < -0.4 is 5.32 Å². The molecule has 0 radical (unpaired) electrons. The highest BCUT2D eigenvalue weighted by Crippen LogP contribution is 2.26. The van der Waals surface area contributed by atoms with Gasteiger partial charge in [-0.1, -0.05) is 13.8 Å². The zero-order valence-corrected chi connectivity index (χ0v) is 13.7. The van der Waals surface area contributed by atoms with E-state index in [9.17, 15) is 0 Å². The van der Waals surface area contributed by atoms with Crippen molar-refractivity contribution in [3.8, 4) is 0 Å². The maximum Gasteiger partial charge on any atom is 0.127 e. The number of rotatable bonds is 4. The third-order valence-electron chi connectivity index (χ3n) is 3.99. The molecule has 6 heteroatoms. The van der Waals surface area contributed by atoms with Crippen molar-refractivity contribution in [2.75, 3.05) is 19.6 Å². The topological polar surface area (TPSA) is 46.0 Å². The standard InChI is InChI=1S/C15H23N5S/c1-11(2)13-9-18-14(21-13)10-20-7-4-16-8-12(20)15-17-5-6-19(15)3/h5-6,9,11-12,16H,4,7-8,10H2,1-3H3. The molecule has 114 valence electrons. The smallest absolute Gasteiger partial charge is 0.127 e. The van der Waals surface area contributed by atoms with Crippen molar-refractivity contribution >= 4 is 11.3 Å². The number of hydrogen-bond acceptors (Lipinski definition) is 5. The van der Waals surface area contributed by atoms with Crippen molar-refractivity contribution in [2.24, 2.45) is 7.05 Å². The Kier molecular flexibility index (Phi) is 4.37. The van der Waals surface area contributed by atoms with Gasteiger partial charge in [0.2, 0.25) is 0 Å². The first kappa shape index (κ1) is 14.7. The van der Waals surface area contributed by atoms with Gasteiger partial charge in [0.25, 0.3) is 0 Å². The first-order valence-electron chi connectivity index (χ1n) is 7.51. The minimum absolute atomic E-state index is 0.324. The SMILES string of the molecule is CC(C)c1cnc(CN2CCNCC2c2nccn2C)s1. The van der Waals surface area contributed by atoms with E-state index in [4.69, 9.17) is 0 Å². The lowest BCUT2D eigenvalue weighted by Crippen LogP contribution is -2.46. The Balaban J connectivity index is 1.76. The molecule has 3 rings (SSSR count). The van der Waals surface area contributed by atoms with Crippen LogP contribution in [0.2, 0.25) is 0 Å². The predicted molar refractivity (Wildman–Crippen MR) is 85.4 cm³/mol. The second-order valence-corrected chi connectivity index (χ2v) is 7.04. The molecule has 2 aromatic rings. The fourth-order valence-corrected chi connectivity index (χ4v) is 3.68. The first-order chi connectivity index (χ1) is 10.1. The van der Waals surface area contributed by atoms with Crippen LogP contribution in [0.15, 0.2) is 18.6 Å². The van der Waals surface area contributed by atoms with Gasteiger partial charge in [0.05, 0.1) is 12.6 Å². The molecule has 0 spiro atoms. The van der Waals surface area contributed by atoms with Crippen LogP contribution in [0.1, 0.15) is 41.5 Å². The third-order valence-corrected chi connectivity index (χ3v) is 5.27. The van der Waals surface area contributed by atoms with Gasteiger partial charge in [0.1, 0.15) is 10.8 Å². The number of piperazine rings is 1. The number of hydrogen-bond donors (Lipinski definition) is 1. The molecule has 0 bridgehead atoms. The minimum Gasteiger partial charge on any atom is -0.337 e. The Bertz CT molecular complexity index is 588. The van der Waals surface area contributed by atoms with Crippen molar-refractivity contribution in [3.63, 3.8) is 0 Å². The molecule has 21 heavy (non-hydrogen) atoms. The van der Waals surface area contributed by atoms with Crippen LogP contribution in [-0.2, 0) is 13.6 Å². The van der Waals surface area contributed by atoms with Crippen LogP contribution in [0.25, 0.3) is 0 Å². The van der Waals surface area contributed by atoms with Crippen LogP contribution in [0, 0.1) is 0 Å². The number of imidazole rings is 1. The second-order valence-electron chi connectivity index (χ2n) is 5.90. The average Bonchev–Trinajstić information content (AvgIpc) is 3.09. The number of aromatic nitrogens is 3. The van der Waals surface area contributed by atoms with Gasteiger partial charge in [-0.25, -0.2) is 9.97 Å². The summed E-state index contributed by atoms with van der Waals surface area (Å²) in [6, 6.07) is 0.324. The largest absolute Gasteiger partial charge is 0.337 e. The van der Waals surface area contributed by atoms with Crippen LogP contribution in [0.4, 0.5) is 0 Å².